The number of carbonyl (C=O) groups excluding carboxylic acids is 1. The molecule has 0 amide bonds. The van der Waals surface area contributed by atoms with Gasteiger partial charge in [0.1, 0.15) is 11.5 Å². The monoisotopic (exact) mass is 344 g/mol. The Kier molecular flexibility index (Phi) is 6.24. The van der Waals surface area contributed by atoms with Crippen LogP contribution in [0.15, 0.2) is 22.7 Å². The average Bonchev–Trinajstić information content (AvgIpc) is 2.38. The SMILES string of the molecule is CCCN(CC(=O)OC)c1ccc(Br)cc1C(N)=S. The van der Waals surface area contributed by atoms with Crippen LogP contribution in [0.4, 0.5) is 5.69 Å². The number of nitrogens with zero attached hydrogens (tertiary/aromatic N) is 1. The lowest BCUT2D eigenvalue weighted by Gasteiger charge is -2.25. The van der Waals surface area contributed by atoms with Gasteiger partial charge in [-0.1, -0.05) is 35.1 Å². The molecule has 19 heavy (non-hydrogen) atoms. The molecule has 1 aromatic rings. The first-order valence-electron chi connectivity index (χ1n) is 5.90. The summed E-state index contributed by atoms with van der Waals surface area (Å²) < 4.78 is 5.62. The van der Waals surface area contributed by atoms with Crippen LogP contribution in [0.5, 0.6) is 0 Å². The fraction of sp³-hybridized carbons (Fsp3) is 0.385. The molecule has 0 saturated carbocycles. The van der Waals surface area contributed by atoms with E-state index in [-0.39, 0.29) is 12.5 Å². The third kappa shape index (κ3) is 4.47. The maximum Gasteiger partial charge on any atom is 0.325 e. The van der Waals surface area contributed by atoms with Crippen molar-refractivity contribution in [3.05, 3.63) is 28.2 Å². The zero-order chi connectivity index (χ0) is 14.4. The second-order valence-corrected chi connectivity index (χ2v) is 5.38. The van der Waals surface area contributed by atoms with Gasteiger partial charge in [-0.15, -0.1) is 0 Å². The minimum Gasteiger partial charge on any atom is -0.468 e. The summed E-state index contributed by atoms with van der Waals surface area (Å²) in [4.78, 5) is 13.7. The predicted molar refractivity (Wildman–Crippen MR) is 84.5 cm³/mol. The second-order valence-electron chi connectivity index (χ2n) is 4.02. The molecule has 0 aliphatic heterocycles. The minimum atomic E-state index is -0.287. The Hall–Kier alpha value is -1.14. The van der Waals surface area contributed by atoms with Gasteiger partial charge >= 0.3 is 5.97 Å². The lowest BCUT2D eigenvalue weighted by atomic mass is 10.1. The molecule has 1 aromatic carbocycles. The van der Waals surface area contributed by atoms with Crippen LogP contribution in [-0.2, 0) is 9.53 Å². The van der Waals surface area contributed by atoms with Gasteiger partial charge in [0.05, 0.1) is 7.11 Å². The number of anilines is 1. The fourth-order valence-corrected chi connectivity index (χ4v) is 2.28. The van der Waals surface area contributed by atoms with Crippen molar-refractivity contribution in [2.45, 2.75) is 13.3 Å². The highest BCUT2D eigenvalue weighted by atomic mass is 79.9. The smallest absolute Gasteiger partial charge is 0.325 e. The van der Waals surface area contributed by atoms with Crippen LogP contribution >= 0.6 is 28.1 Å². The molecule has 0 aliphatic rings. The molecule has 0 radical (unpaired) electrons. The number of thiocarbonyl (C=S) groups is 1. The molecule has 104 valence electrons. The summed E-state index contributed by atoms with van der Waals surface area (Å²) in [5.74, 6) is -0.287. The molecular formula is C13H17BrN2O2S. The van der Waals surface area contributed by atoms with Crippen LogP contribution in [0.1, 0.15) is 18.9 Å². The number of hydrogen-bond donors (Lipinski definition) is 1. The Morgan fingerprint density at radius 1 is 1.53 bits per heavy atom. The number of halogens is 1. The van der Waals surface area contributed by atoms with E-state index in [4.69, 9.17) is 22.7 Å². The number of esters is 1. The quantitative estimate of drug-likeness (QED) is 0.634. The zero-order valence-corrected chi connectivity index (χ0v) is 13.4. The van der Waals surface area contributed by atoms with Gasteiger partial charge in [-0.2, -0.15) is 0 Å². The first-order chi connectivity index (χ1) is 8.99. The number of ether oxygens (including phenoxy) is 1. The summed E-state index contributed by atoms with van der Waals surface area (Å²) in [6, 6.07) is 5.66. The molecule has 0 fully saturated rings. The number of benzene rings is 1. The molecule has 6 heteroatoms. The minimum absolute atomic E-state index is 0.182. The molecule has 0 spiro atoms. The Morgan fingerprint density at radius 2 is 2.21 bits per heavy atom. The first kappa shape index (κ1) is 15.9. The van der Waals surface area contributed by atoms with E-state index >= 15 is 0 Å². The van der Waals surface area contributed by atoms with Gasteiger partial charge in [0.25, 0.3) is 0 Å². The van der Waals surface area contributed by atoms with Crippen molar-refractivity contribution < 1.29 is 9.53 Å². The Labute approximate surface area is 127 Å². The molecule has 0 aliphatic carbocycles. The summed E-state index contributed by atoms with van der Waals surface area (Å²) in [7, 11) is 1.38. The van der Waals surface area contributed by atoms with E-state index in [0.717, 1.165) is 28.7 Å². The van der Waals surface area contributed by atoms with Crippen molar-refractivity contribution in [2.24, 2.45) is 5.73 Å². The van der Waals surface area contributed by atoms with Crippen LogP contribution in [0, 0.1) is 0 Å². The van der Waals surface area contributed by atoms with Gasteiger partial charge in [0.2, 0.25) is 0 Å². The lowest BCUT2D eigenvalue weighted by Crippen LogP contribution is -2.33. The van der Waals surface area contributed by atoms with Crippen molar-refractivity contribution >= 4 is 44.8 Å². The van der Waals surface area contributed by atoms with Crippen molar-refractivity contribution in [3.63, 3.8) is 0 Å². The standard InChI is InChI=1S/C13H17BrN2O2S/c1-3-6-16(8-12(17)18-2)11-5-4-9(14)7-10(11)13(15)19/h4-5,7H,3,6,8H2,1-2H3,(H2,15,19). The number of carbonyl (C=O) groups is 1. The van der Waals surface area contributed by atoms with Gasteiger partial charge in [0, 0.05) is 22.3 Å². The van der Waals surface area contributed by atoms with Gasteiger partial charge in [-0.3, -0.25) is 4.79 Å². The van der Waals surface area contributed by atoms with E-state index in [9.17, 15) is 4.79 Å². The molecule has 0 aromatic heterocycles. The second kappa shape index (κ2) is 7.45. The van der Waals surface area contributed by atoms with Crippen molar-refractivity contribution in [2.75, 3.05) is 25.1 Å². The van der Waals surface area contributed by atoms with Gasteiger partial charge in [-0.25, -0.2) is 0 Å². The Balaban J connectivity index is 3.14. The maximum absolute atomic E-state index is 11.5. The normalized spacial score (nSPS) is 10.1. The molecule has 0 atom stereocenters. The van der Waals surface area contributed by atoms with E-state index in [1.165, 1.54) is 7.11 Å². The summed E-state index contributed by atoms with van der Waals surface area (Å²) in [6.07, 6.45) is 0.907. The van der Waals surface area contributed by atoms with Crippen LogP contribution in [-0.4, -0.2) is 31.2 Å². The lowest BCUT2D eigenvalue weighted by molar-refractivity contribution is -0.138. The number of hydrogen-bond acceptors (Lipinski definition) is 4. The van der Waals surface area contributed by atoms with Crippen LogP contribution in [0.2, 0.25) is 0 Å². The molecule has 4 nitrogen and oxygen atoms in total. The van der Waals surface area contributed by atoms with E-state index in [1.807, 2.05) is 30.0 Å². The van der Waals surface area contributed by atoms with Gasteiger partial charge in [0.15, 0.2) is 0 Å². The Morgan fingerprint density at radius 3 is 2.74 bits per heavy atom. The highest BCUT2D eigenvalue weighted by Gasteiger charge is 2.16. The fourth-order valence-electron chi connectivity index (χ4n) is 1.76. The van der Waals surface area contributed by atoms with E-state index in [1.54, 1.807) is 0 Å². The zero-order valence-electron chi connectivity index (χ0n) is 11.0. The molecule has 2 N–H and O–H groups in total. The highest BCUT2D eigenvalue weighted by molar-refractivity contribution is 9.10. The summed E-state index contributed by atoms with van der Waals surface area (Å²) in [6.45, 7) is 2.96. The summed E-state index contributed by atoms with van der Waals surface area (Å²) in [5.41, 5.74) is 7.35. The molecule has 0 unspecified atom stereocenters. The third-order valence-electron chi connectivity index (χ3n) is 2.61. The van der Waals surface area contributed by atoms with Crippen LogP contribution in [0.25, 0.3) is 0 Å². The molecule has 1 rings (SSSR count). The van der Waals surface area contributed by atoms with Crippen molar-refractivity contribution in [1.29, 1.82) is 0 Å². The van der Waals surface area contributed by atoms with Crippen LogP contribution in [0.3, 0.4) is 0 Å². The highest BCUT2D eigenvalue weighted by Crippen LogP contribution is 2.25. The average molecular weight is 345 g/mol. The Bertz CT molecular complexity index is 480. The maximum atomic E-state index is 11.5. The topological polar surface area (TPSA) is 55.6 Å². The number of methoxy groups -OCH3 is 1. The molecule has 0 bridgehead atoms. The first-order valence-corrected chi connectivity index (χ1v) is 7.10. The molecule has 0 saturated heterocycles. The number of rotatable bonds is 6. The van der Waals surface area contributed by atoms with Crippen molar-refractivity contribution in [1.82, 2.24) is 0 Å². The van der Waals surface area contributed by atoms with Gasteiger partial charge < -0.3 is 15.4 Å². The van der Waals surface area contributed by atoms with Gasteiger partial charge in [-0.05, 0) is 24.6 Å². The van der Waals surface area contributed by atoms with Crippen molar-refractivity contribution in [3.8, 4) is 0 Å². The largest absolute Gasteiger partial charge is 0.468 e. The molecular weight excluding hydrogens is 328 g/mol. The van der Waals surface area contributed by atoms with E-state index in [0.29, 0.717) is 4.99 Å². The van der Waals surface area contributed by atoms with E-state index < -0.39 is 0 Å². The summed E-state index contributed by atoms with van der Waals surface area (Å²) in [5, 5.41) is 0. The van der Waals surface area contributed by atoms with Crippen LogP contribution < -0.4 is 10.6 Å². The third-order valence-corrected chi connectivity index (χ3v) is 3.32. The molecule has 0 heterocycles. The van der Waals surface area contributed by atoms with E-state index in [2.05, 4.69) is 15.9 Å². The predicted octanol–water partition coefficient (Wildman–Crippen LogP) is 2.47. The number of nitrogens with two attached hydrogens (primary N) is 1. The summed E-state index contributed by atoms with van der Waals surface area (Å²) >= 11 is 8.46.